The van der Waals surface area contributed by atoms with Crippen LogP contribution in [0.1, 0.15) is 38.5 Å². The maximum Gasteiger partial charge on any atom is 0.305 e. The van der Waals surface area contributed by atoms with Gasteiger partial charge in [0.05, 0.1) is 12.1 Å². The van der Waals surface area contributed by atoms with Crippen LogP contribution in [-0.4, -0.2) is 35.1 Å². The van der Waals surface area contributed by atoms with E-state index in [1.807, 2.05) is 25.1 Å². The quantitative estimate of drug-likeness (QED) is 0.496. The number of carboxylic acid groups (broad SMARTS) is 1. The van der Waals surface area contributed by atoms with Crippen molar-refractivity contribution < 1.29 is 14.7 Å². The molecule has 1 aromatic heterocycles. The van der Waals surface area contributed by atoms with Gasteiger partial charge in [-0.3, -0.25) is 9.59 Å². The number of hydrogen-bond acceptors (Lipinski definition) is 5. The van der Waals surface area contributed by atoms with Crippen LogP contribution in [0.25, 0.3) is 0 Å². The zero-order valence-corrected chi connectivity index (χ0v) is 18.6. The molecule has 0 saturated carbocycles. The average Bonchev–Trinajstić information content (AvgIpc) is 3.10. The number of aromatic nitrogens is 1. The van der Waals surface area contributed by atoms with Gasteiger partial charge in [0, 0.05) is 30.1 Å². The number of carbonyl (C=O) groups is 2. The molecule has 0 bridgehead atoms. The van der Waals surface area contributed by atoms with E-state index in [2.05, 4.69) is 41.4 Å². The van der Waals surface area contributed by atoms with Crippen molar-refractivity contribution >= 4 is 28.3 Å². The van der Waals surface area contributed by atoms with Gasteiger partial charge in [-0.25, -0.2) is 4.98 Å². The van der Waals surface area contributed by atoms with E-state index >= 15 is 0 Å². The molecule has 31 heavy (non-hydrogen) atoms. The molecule has 1 heterocycles. The van der Waals surface area contributed by atoms with Crippen LogP contribution >= 0.6 is 11.3 Å². The van der Waals surface area contributed by atoms with Crippen LogP contribution in [0.3, 0.4) is 0 Å². The number of benzene rings is 2. The van der Waals surface area contributed by atoms with E-state index in [1.165, 1.54) is 10.4 Å². The standard InChI is InChI=1S/C24H27N3O3S/c1-17-18(2)31-24(26-17)27(15-13-19-6-4-3-5-7-19)16-20-8-10-21(11-9-20)23(30)25-14-12-22(28)29/h3-11H,12-16H2,1-2H3,(H,25,30)(H,28,29). The molecule has 0 saturated heterocycles. The Hall–Kier alpha value is -3.19. The Labute approximate surface area is 186 Å². The predicted octanol–water partition coefficient (Wildman–Crippen LogP) is 4.21. The molecule has 0 aliphatic carbocycles. The lowest BCUT2D eigenvalue weighted by molar-refractivity contribution is -0.136. The molecule has 2 N–H and O–H groups in total. The van der Waals surface area contributed by atoms with E-state index in [9.17, 15) is 9.59 Å². The van der Waals surface area contributed by atoms with E-state index in [0.29, 0.717) is 12.1 Å². The van der Waals surface area contributed by atoms with Gasteiger partial charge in [-0.05, 0) is 43.5 Å². The fourth-order valence-electron chi connectivity index (χ4n) is 3.11. The summed E-state index contributed by atoms with van der Waals surface area (Å²) in [5.41, 5.74) is 3.94. The summed E-state index contributed by atoms with van der Waals surface area (Å²) in [7, 11) is 0. The van der Waals surface area contributed by atoms with Crippen molar-refractivity contribution in [2.45, 2.75) is 33.2 Å². The summed E-state index contributed by atoms with van der Waals surface area (Å²) in [4.78, 5) is 31.0. The van der Waals surface area contributed by atoms with Gasteiger partial charge in [-0.15, -0.1) is 11.3 Å². The molecule has 0 aliphatic heterocycles. The van der Waals surface area contributed by atoms with Gasteiger partial charge in [0.25, 0.3) is 5.91 Å². The van der Waals surface area contributed by atoms with Crippen LogP contribution in [-0.2, 0) is 17.8 Å². The largest absolute Gasteiger partial charge is 0.481 e. The van der Waals surface area contributed by atoms with Crippen LogP contribution in [0.5, 0.6) is 0 Å². The van der Waals surface area contributed by atoms with Gasteiger partial charge >= 0.3 is 5.97 Å². The molecule has 0 fully saturated rings. The highest BCUT2D eigenvalue weighted by atomic mass is 32.1. The van der Waals surface area contributed by atoms with Crippen LogP contribution in [0.2, 0.25) is 0 Å². The smallest absolute Gasteiger partial charge is 0.305 e. The van der Waals surface area contributed by atoms with Crippen molar-refractivity contribution in [3.05, 3.63) is 81.9 Å². The van der Waals surface area contributed by atoms with Gasteiger partial charge in [0.1, 0.15) is 0 Å². The highest BCUT2D eigenvalue weighted by Gasteiger charge is 2.14. The minimum atomic E-state index is -0.932. The van der Waals surface area contributed by atoms with Gasteiger partial charge in [-0.2, -0.15) is 0 Å². The summed E-state index contributed by atoms with van der Waals surface area (Å²) in [5.74, 6) is -1.20. The second-order valence-electron chi connectivity index (χ2n) is 7.39. The molecule has 162 valence electrons. The first-order valence-electron chi connectivity index (χ1n) is 10.2. The lowest BCUT2D eigenvalue weighted by Gasteiger charge is -2.22. The van der Waals surface area contributed by atoms with Gasteiger partial charge in [-0.1, -0.05) is 42.5 Å². The normalized spacial score (nSPS) is 10.6. The van der Waals surface area contributed by atoms with Crippen LogP contribution in [0.15, 0.2) is 54.6 Å². The maximum absolute atomic E-state index is 12.2. The molecule has 7 heteroatoms. The number of rotatable bonds is 10. The molecular formula is C24H27N3O3S. The van der Waals surface area contributed by atoms with Crippen molar-refractivity contribution in [1.82, 2.24) is 10.3 Å². The Bertz CT molecular complexity index is 997. The summed E-state index contributed by atoms with van der Waals surface area (Å²) >= 11 is 1.70. The Morgan fingerprint density at radius 1 is 1.03 bits per heavy atom. The highest BCUT2D eigenvalue weighted by Crippen LogP contribution is 2.27. The Balaban J connectivity index is 1.68. The minimum absolute atomic E-state index is 0.0904. The third kappa shape index (κ3) is 6.65. The summed E-state index contributed by atoms with van der Waals surface area (Å²) in [6.45, 7) is 5.77. The summed E-state index contributed by atoms with van der Waals surface area (Å²) < 4.78 is 0. The SMILES string of the molecule is Cc1nc(N(CCc2ccccc2)Cc2ccc(C(=O)NCCC(=O)O)cc2)sc1C. The molecule has 0 radical (unpaired) electrons. The number of carbonyl (C=O) groups excluding carboxylic acids is 1. The van der Waals surface area contributed by atoms with Crippen LogP contribution in [0, 0.1) is 13.8 Å². The zero-order chi connectivity index (χ0) is 22.2. The molecule has 0 unspecified atom stereocenters. The number of hydrogen-bond donors (Lipinski definition) is 2. The number of thiazole rings is 1. The molecule has 6 nitrogen and oxygen atoms in total. The first-order chi connectivity index (χ1) is 14.9. The molecule has 0 aliphatic rings. The Kier molecular flexibility index (Phi) is 7.78. The molecule has 0 spiro atoms. The molecule has 0 atom stereocenters. The van der Waals surface area contributed by atoms with Crippen molar-refractivity contribution in [1.29, 1.82) is 0 Å². The first kappa shape index (κ1) is 22.5. The number of nitrogens with zero attached hydrogens (tertiary/aromatic N) is 2. The van der Waals surface area contributed by atoms with E-state index in [4.69, 9.17) is 10.1 Å². The van der Waals surface area contributed by atoms with Gasteiger partial charge < -0.3 is 15.3 Å². The third-order valence-electron chi connectivity index (χ3n) is 5.01. The number of amides is 1. The van der Waals surface area contributed by atoms with Crippen molar-refractivity contribution in [2.24, 2.45) is 0 Å². The molecule has 2 aromatic carbocycles. The van der Waals surface area contributed by atoms with Crippen LogP contribution < -0.4 is 10.2 Å². The zero-order valence-electron chi connectivity index (χ0n) is 17.8. The number of nitrogens with one attached hydrogen (secondary N) is 1. The average molecular weight is 438 g/mol. The predicted molar refractivity (Wildman–Crippen MR) is 124 cm³/mol. The van der Waals surface area contributed by atoms with Crippen molar-refractivity contribution in [3.63, 3.8) is 0 Å². The Morgan fingerprint density at radius 3 is 2.35 bits per heavy atom. The summed E-state index contributed by atoms with van der Waals surface area (Å²) in [5, 5.41) is 12.3. The summed E-state index contributed by atoms with van der Waals surface area (Å²) in [6, 6.07) is 17.8. The number of anilines is 1. The number of carboxylic acids is 1. The number of aryl methyl sites for hydroxylation is 2. The lowest BCUT2D eigenvalue weighted by Crippen LogP contribution is -2.26. The van der Waals surface area contributed by atoms with E-state index in [-0.39, 0.29) is 18.9 Å². The second-order valence-corrected chi connectivity index (χ2v) is 8.57. The molecule has 3 aromatic rings. The van der Waals surface area contributed by atoms with E-state index in [0.717, 1.165) is 29.4 Å². The molecule has 1 amide bonds. The topological polar surface area (TPSA) is 82.5 Å². The minimum Gasteiger partial charge on any atom is -0.481 e. The van der Waals surface area contributed by atoms with Crippen molar-refractivity contribution in [2.75, 3.05) is 18.0 Å². The fourth-order valence-corrected chi connectivity index (χ4v) is 4.04. The van der Waals surface area contributed by atoms with Crippen molar-refractivity contribution in [3.8, 4) is 0 Å². The third-order valence-corrected chi connectivity index (χ3v) is 6.15. The number of aliphatic carboxylic acids is 1. The monoisotopic (exact) mass is 437 g/mol. The molecule has 3 rings (SSSR count). The van der Waals surface area contributed by atoms with E-state index < -0.39 is 5.97 Å². The second kappa shape index (κ2) is 10.7. The summed E-state index contributed by atoms with van der Waals surface area (Å²) in [6.07, 6.45) is 0.829. The Morgan fingerprint density at radius 2 is 1.74 bits per heavy atom. The fraction of sp³-hybridized carbons (Fsp3) is 0.292. The first-order valence-corrected chi connectivity index (χ1v) is 11.1. The van der Waals surface area contributed by atoms with Gasteiger partial charge in [0.2, 0.25) is 0 Å². The van der Waals surface area contributed by atoms with Crippen LogP contribution in [0.4, 0.5) is 5.13 Å². The molecular weight excluding hydrogens is 410 g/mol. The van der Waals surface area contributed by atoms with Gasteiger partial charge in [0.15, 0.2) is 5.13 Å². The van der Waals surface area contributed by atoms with E-state index in [1.54, 1.807) is 23.5 Å². The maximum atomic E-state index is 12.2. The lowest BCUT2D eigenvalue weighted by atomic mass is 10.1. The highest BCUT2D eigenvalue weighted by molar-refractivity contribution is 7.15.